The number of carbonyl (C=O) groups is 2. The average molecular weight is 220 g/mol. The highest BCUT2D eigenvalue weighted by Gasteiger charge is 2.01. The number of unbranched alkanes of at least 4 members (excludes halogenated alkanes) is 1. The molecule has 0 aliphatic carbocycles. The largest absolute Gasteiger partial charge is 0.481 e. The van der Waals surface area contributed by atoms with E-state index in [4.69, 9.17) is 5.11 Å². The first kappa shape index (κ1) is 12.4. The molecule has 3 nitrogen and oxygen atoms in total. The smallest absolute Gasteiger partial charge is 0.303 e. The molecule has 0 saturated carbocycles. The maximum absolute atomic E-state index is 11.1. The van der Waals surface area contributed by atoms with Gasteiger partial charge in [0.25, 0.3) is 0 Å². The normalized spacial score (nSPS) is 10.1. The van der Waals surface area contributed by atoms with Crippen LogP contribution in [0.25, 0.3) is 0 Å². The molecule has 0 amide bonds. The summed E-state index contributed by atoms with van der Waals surface area (Å²) in [5, 5.41) is 8.48. The number of carbonyl (C=O) groups excluding carboxylic acids is 1. The summed E-state index contributed by atoms with van der Waals surface area (Å²) in [4.78, 5) is 21.4. The Balaban J connectivity index is 2.45. The average Bonchev–Trinajstić information content (AvgIpc) is 2.24. The van der Waals surface area contributed by atoms with E-state index in [2.05, 4.69) is 0 Å². The molecular formula is C13H16O3. The second-order valence-electron chi connectivity index (χ2n) is 3.86. The minimum absolute atomic E-state index is 0.0624. The molecule has 0 bridgehead atoms. The summed E-state index contributed by atoms with van der Waals surface area (Å²) in [6.07, 6.45) is 2.56. The molecule has 0 aliphatic rings. The van der Waals surface area contributed by atoms with Crippen molar-refractivity contribution in [2.45, 2.75) is 32.6 Å². The predicted octanol–water partition coefficient (Wildman–Crippen LogP) is 2.69. The van der Waals surface area contributed by atoms with Gasteiger partial charge in [-0.05, 0) is 37.8 Å². The lowest BCUT2D eigenvalue weighted by Crippen LogP contribution is -1.96. The number of ketones is 1. The van der Waals surface area contributed by atoms with Gasteiger partial charge in [-0.15, -0.1) is 0 Å². The summed E-state index contributed by atoms with van der Waals surface area (Å²) in [5.74, 6) is -0.690. The highest BCUT2D eigenvalue weighted by Crippen LogP contribution is 2.10. The molecule has 0 aromatic heterocycles. The van der Waals surface area contributed by atoms with Gasteiger partial charge in [0, 0.05) is 12.0 Å². The minimum atomic E-state index is -0.752. The number of rotatable bonds is 6. The lowest BCUT2D eigenvalue weighted by molar-refractivity contribution is -0.137. The van der Waals surface area contributed by atoms with E-state index in [0.717, 1.165) is 24.0 Å². The summed E-state index contributed by atoms with van der Waals surface area (Å²) in [6.45, 7) is 1.55. The Morgan fingerprint density at radius 1 is 1.25 bits per heavy atom. The number of Topliss-reactive ketones (excluding diaryl/α,β-unsaturated/α-hetero) is 1. The Morgan fingerprint density at radius 2 is 2.00 bits per heavy atom. The van der Waals surface area contributed by atoms with E-state index in [-0.39, 0.29) is 12.2 Å². The van der Waals surface area contributed by atoms with E-state index in [0.29, 0.717) is 6.42 Å². The fourth-order valence-electron chi connectivity index (χ4n) is 1.55. The maximum Gasteiger partial charge on any atom is 0.303 e. The van der Waals surface area contributed by atoms with Crippen molar-refractivity contribution in [3.8, 4) is 0 Å². The molecule has 0 aliphatic heterocycles. The van der Waals surface area contributed by atoms with Crippen molar-refractivity contribution in [3.05, 3.63) is 35.4 Å². The van der Waals surface area contributed by atoms with Crippen LogP contribution in [-0.2, 0) is 11.2 Å². The van der Waals surface area contributed by atoms with Gasteiger partial charge in [0.1, 0.15) is 0 Å². The lowest BCUT2D eigenvalue weighted by Gasteiger charge is -2.02. The van der Waals surface area contributed by atoms with Crippen LogP contribution < -0.4 is 0 Å². The van der Waals surface area contributed by atoms with Crippen LogP contribution in [-0.4, -0.2) is 16.9 Å². The van der Waals surface area contributed by atoms with Crippen LogP contribution in [0.4, 0.5) is 0 Å². The summed E-state index contributed by atoms with van der Waals surface area (Å²) < 4.78 is 0. The summed E-state index contributed by atoms with van der Waals surface area (Å²) in [7, 11) is 0. The van der Waals surface area contributed by atoms with Crippen LogP contribution in [0.1, 0.15) is 42.1 Å². The van der Waals surface area contributed by atoms with Gasteiger partial charge in [-0.1, -0.05) is 18.2 Å². The summed E-state index contributed by atoms with van der Waals surface area (Å²) in [5.41, 5.74) is 1.81. The zero-order valence-corrected chi connectivity index (χ0v) is 9.40. The third kappa shape index (κ3) is 4.26. The Labute approximate surface area is 95.1 Å². The molecule has 1 aromatic rings. The van der Waals surface area contributed by atoms with Crippen LogP contribution in [0.5, 0.6) is 0 Å². The molecule has 0 saturated heterocycles. The summed E-state index contributed by atoms with van der Waals surface area (Å²) in [6, 6.07) is 7.50. The van der Waals surface area contributed by atoms with Gasteiger partial charge in [-0.3, -0.25) is 9.59 Å². The number of benzene rings is 1. The minimum Gasteiger partial charge on any atom is -0.481 e. The number of carboxylic acid groups (broad SMARTS) is 1. The standard InChI is InChI=1S/C13H16O3/c1-10(14)12-7-4-6-11(9-12)5-2-3-8-13(15)16/h4,6-7,9H,2-3,5,8H2,1H3,(H,15,16). The first-order chi connectivity index (χ1) is 7.59. The van der Waals surface area contributed by atoms with Crippen molar-refractivity contribution < 1.29 is 14.7 Å². The third-order valence-electron chi connectivity index (χ3n) is 2.44. The number of aliphatic carboxylic acids is 1. The van der Waals surface area contributed by atoms with Crippen molar-refractivity contribution in [1.82, 2.24) is 0 Å². The molecule has 3 heteroatoms. The fraction of sp³-hybridized carbons (Fsp3) is 0.385. The van der Waals surface area contributed by atoms with E-state index in [1.807, 2.05) is 18.2 Å². The van der Waals surface area contributed by atoms with Gasteiger partial charge < -0.3 is 5.11 Å². The molecule has 0 radical (unpaired) electrons. The maximum atomic E-state index is 11.1. The number of hydrogen-bond acceptors (Lipinski definition) is 2. The second kappa shape index (κ2) is 6.05. The molecule has 0 spiro atoms. The molecule has 1 N–H and O–H groups in total. The van der Waals surface area contributed by atoms with Gasteiger partial charge >= 0.3 is 5.97 Å². The Kier molecular flexibility index (Phi) is 4.70. The van der Waals surface area contributed by atoms with Crippen LogP contribution in [0, 0.1) is 0 Å². The molecule has 0 heterocycles. The SMILES string of the molecule is CC(=O)c1cccc(CCCCC(=O)O)c1. The quantitative estimate of drug-likeness (QED) is 0.592. The molecule has 0 atom stereocenters. The molecular weight excluding hydrogens is 204 g/mol. The molecule has 16 heavy (non-hydrogen) atoms. The highest BCUT2D eigenvalue weighted by atomic mass is 16.4. The second-order valence-corrected chi connectivity index (χ2v) is 3.86. The van der Waals surface area contributed by atoms with Gasteiger partial charge in [0.15, 0.2) is 5.78 Å². The number of carboxylic acids is 1. The Morgan fingerprint density at radius 3 is 2.62 bits per heavy atom. The highest BCUT2D eigenvalue weighted by molar-refractivity contribution is 5.94. The zero-order chi connectivity index (χ0) is 12.0. The van der Waals surface area contributed by atoms with Crippen molar-refractivity contribution in [1.29, 1.82) is 0 Å². The zero-order valence-electron chi connectivity index (χ0n) is 9.40. The first-order valence-electron chi connectivity index (χ1n) is 5.41. The molecule has 0 fully saturated rings. The first-order valence-corrected chi connectivity index (χ1v) is 5.41. The summed E-state index contributed by atoms with van der Waals surface area (Å²) >= 11 is 0. The van der Waals surface area contributed by atoms with E-state index in [9.17, 15) is 9.59 Å². The van der Waals surface area contributed by atoms with E-state index in [1.165, 1.54) is 0 Å². The van der Waals surface area contributed by atoms with Crippen LogP contribution in [0.15, 0.2) is 24.3 Å². The lowest BCUT2D eigenvalue weighted by atomic mass is 10.0. The van der Waals surface area contributed by atoms with Gasteiger partial charge in [-0.25, -0.2) is 0 Å². The third-order valence-corrected chi connectivity index (χ3v) is 2.44. The molecule has 1 rings (SSSR count). The van der Waals surface area contributed by atoms with Gasteiger partial charge in [-0.2, -0.15) is 0 Å². The fourth-order valence-corrected chi connectivity index (χ4v) is 1.55. The van der Waals surface area contributed by atoms with Crippen molar-refractivity contribution in [2.24, 2.45) is 0 Å². The van der Waals surface area contributed by atoms with Crippen LogP contribution in [0.2, 0.25) is 0 Å². The number of aryl methyl sites for hydroxylation is 1. The Hall–Kier alpha value is -1.64. The van der Waals surface area contributed by atoms with E-state index < -0.39 is 5.97 Å². The van der Waals surface area contributed by atoms with E-state index in [1.54, 1.807) is 13.0 Å². The van der Waals surface area contributed by atoms with Gasteiger partial charge in [0.05, 0.1) is 0 Å². The predicted molar refractivity (Wildman–Crippen MR) is 61.6 cm³/mol. The van der Waals surface area contributed by atoms with Crippen molar-refractivity contribution in [2.75, 3.05) is 0 Å². The van der Waals surface area contributed by atoms with E-state index >= 15 is 0 Å². The van der Waals surface area contributed by atoms with Crippen molar-refractivity contribution in [3.63, 3.8) is 0 Å². The Bertz CT molecular complexity index is 383. The number of hydrogen-bond donors (Lipinski definition) is 1. The monoisotopic (exact) mass is 220 g/mol. The molecule has 86 valence electrons. The van der Waals surface area contributed by atoms with Crippen LogP contribution in [0.3, 0.4) is 0 Å². The molecule has 0 unspecified atom stereocenters. The topological polar surface area (TPSA) is 54.4 Å². The van der Waals surface area contributed by atoms with Gasteiger partial charge in [0.2, 0.25) is 0 Å². The molecule has 1 aromatic carbocycles. The van der Waals surface area contributed by atoms with Crippen LogP contribution >= 0.6 is 0 Å². The van der Waals surface area contributed by atoms with Crippen molar-refractivity contribution >= 4 is 11.8 Å².